The minimum atomic E-state index is 0.636. The lowest BCUT2D eigenvalue weighted by Crippen LogP contribution is -2.10. The molecule has 0 unspecified atom stereocenters. The van der Waals surface area contributed by atoms with E-state index >= 15 is 0 Å². The van der Waals surface area contributed by atoms with Gasteiger partial charge in [-0.05, 0) is 109 Å². The van der Waals surface area contributed by atoms with Gasteiger partial charge in [0.05, 0.1) is 0 Å². The third kappa shape index (κ3) is 4.79. The Morgan fingerprint density at radius 2 is 0.940 bits per heavy atom. The van der Waals surface area contributed by atoms with Crippen molar-refractivity contribution in [2.75, 3.05) is 4.90 Å². The summed E-state index contributed by atoms with van der Waals surface area (Å²) in [5.74, 6) is 0.636. The standard InChI is InChI=1S/C47H30N2O/c1-2-11-35(12-3-1)47-48-44-26-23-34-19-17-33-18-20-39(30-43(33)45(34)46(44)50-47)38-15-8-16-40(29-38)49(41-24-21-31-9-4-6-13-36(31)27-41)42-25-22-32-10-5-7-14-37(32)28-42/h1-30H. The van der Waals surface area contributed by atoms with E-state index in [1.54, 1.807) is 0 Å². The van der Waals surface area contributed by atoms with E-state index in [1.807, 2.05) is 30.3 Å². The molecule has 50 heavy (non-hydrogen) atoms. The Labute approximate surface area is 289 Å². The third-order valence-corrected chi connectivity index (χ3v) is 9.80. The highest BCUT2D eigenvalue weighted by atomic mass is 16.3. The van der Waals surface area contributed by atoms with Gasteiger partial charge in [-0.25, -0.2) is 4.98 Å². The highest BCUT2D eigenvalue weighted by Gasteiger charge is 2.17. The summed E-state index contributed by atoms with van der Waals surface area (Å²) in [6.45, 7) is 0. The average molecular weight is 639 g/mol. The van der Waals surface area contributed by atoms with Gasteiger partial charge in [0.1, 0.15) is 5.52 Å². The van der Waals surface area contributed by atoms with Gasteiger partial charge < -0.3 is 9.32 Å². The van der Waals surface area contributed by atoms with E-state index in [2.05, 4.69) is 157 Å². The van der Waals surface area contributed by atoms with Gasteiger partial charge in [0, 0.05) is 28.0 Å². The summed E-state index contributed by atoms with van der Waals surface area (Å²) in [5, 5.41) is 9.40. The van der Waals surface area contributed by atoms with Crippen molar-refractivity contribution < 1.29 is 4.42 Å². The topological polar surface area (TPSA) is 29.3 Å². The Bertz CT molecular complexity index is 2810. The van der Waals surface area contributed by atoms with Gasteiger partial charge in [0.2, 0.25) is 5.89 Å². The predicted molar refractivity (Wildman–Crippen MR) is 210 cm³/mol. The summed E-state index contributed by atoms with van der Waals surface area (Å²) in [4.78, 5) is 7.24. The van der Waals surface area contributed by atoms with Crippen LogP contribution in [0.5, 0.6) is 0 Å². The molecular formula is C47H30N2O. The summed E-state index contributed by atoms with van der Waals surface area (Å²) < 4.78 is 6.51. The second-order valence-electron chi connectivity index (χ2n) is 12.8. The molecule has 0 fully saturated rings. The molecule has 0 N–H and O–H groups in total. The van der Waals surface area contributed by atoms with Crippen molar-refractivity contribution in [1.82, 2.24) is 4.98 Å². The van der Waals surface area contributed by atoms with Gasteiger partial charge >= 0.3 is 0 Å². The van der Waals surface area contributed by atoms with Gasteiger partial charge in [-0.3, -0.25) is 0 Å². The molecule has 0 aliphatic carbocycles. The van der Waals surface area contributed by atoms with E-state index in [1.165, 1.54) is 21.5 Å². The number of nitrogens with zero attached hydrogens (tertiary/aromatic N) is 2. The van der Waals surface area contributed by atoms with Gasteiger partial charge in [-0.15, -0.1) is 0 Å². The molecule has 1 aromatic heterocycles. The molecular weight excluding hydrogens is 609 g/mol. The van der Waals surface area contributed by atoms with E-state index in [0.29, 0.717) is 5.89 Å². The van der Waals surface area contributed by atoms with Crippen molar-refractivity contribution in [1.29, 1.82) is 0 Å². The molecule has 0 saturated heterocycles. The molecule has 0 aliphatic rings. The molecule has 0 radical (unpaired) electrons. The molecule has 0 atom stereocenters. The normalized spacial score (nSPS) is 11.6. The van der Waals surface area contributed by atoms with Crippen LogP contribution in [0.4, 0.5) is 17.1 Å². The molecule has 0 bridgehead atoms. The molecule has 0 saturated carbocycles. The number of anilines is 3. The first-order valence-electron chi connectivity index (χ1n) is 16.9. The highest BCUT2D eigenvalue weighted by molar-refractivity contribution is 6.18. The number of hydrogen-bond acceptors (Lipinski definition) is 3. The van der Waals surface area contributed by atoms with Crippen LogP contribution < -0.4 is 4.90 Å². The van der Waals surface area contributed by atoms with Crippen LogP contribution >= 0.6 is 0 Å². The number of oxazole rings is 1. The van der Waals surface area contributed by atoms with Crippen LogP contribution in [-0.4, -0.2) is 4.98 Å². The smallest absolute Gasteiger partial charge is 0.227 e. The summed E-state index contributed by atoms with van der Waals surface area (Å²) in [6, 6.07) is 64.8. The minimum Gasteiger partial charge on any atom is -0.435 e. The third-order valence-electron chi connectivity index (χ3n) is 9.80. The van der Waals surface area contributed by atoms with Gasteiger partial charge in [0.15, 0.2) is 5.58 Å². The fourth-order valence-corrected chi connectivity index (χ4v) is 7.31. The molecule has 3 nitrogen and oxygen atoms in total. The maximum Gasteiger partial charge on any atom is 0.227 e. The molecule has 10 aromatic rings. The molecule has 0 spiro atoms. The largest absolute Gasteiger partial charge is 0.435 e. The lowest BCUT2D eigenvalue weighted by Gasteiger charge is -2.27. The zero-order valence-corrected chi connectivity index (χ0v) is 27.1. The molecule has 234 valence electrons. The number of hydrogen-bond donors (Lipinski definition) is 0. The van der Waals surface area contributed by atoms with Crippen LogP contribution in [0.25, 0.3) is 76.8 Å². The van der Waals surface area contributed by atoms with Crippen LogP contribution in [0.1, 0.15) is 0 Å². The fraction of sp³-hybridized carbons (Fsp3) is 0. The van der Waals surface area contributed by atoms with Crippen molar-refractivity contribution in [2.45, 2.75) is 0 Å². The molecule has 1 heterocycles. The van der Waals surface area contributed by atoms with Crippen molar-refractivity contribution >= 4 is 71.3 Å². The van der Waals surface area contributed by atoms with Crippen molar-refractivity contribution in [2.24, 2.45) is 0 Å². The van der Waals surface area contributed by atoms with Crippen molar-refractivity contribution in [3.8, 4) is 22.6 Å². The SMILES string of the molecule is c1ccc(-c2nc3ccc4ccc5ccc(-c6cccc(N(c7ccc8ccccc8c7)c7ccc8ccccc8c7)c6)cc5c4c3o2)cc1. The summed E-state index contributed by atoms with van der Waals surface area (Å²) in [6.07, 6.45) is 0. The lowest BCUT2D eigenvalue weighted by atomic mass is 9.96. The molecule has 0 amide bonds. The maximum absolute atomic E-state index is 6.51. The first kappa shape index (κ1) is 28.3. The van der Waals surface area contributed by atoms with Crippen LogP contribution in [-0.2, 0) is 0 Å². The minimum absolute atomic E-state index is 0.636. The number of benzene rings is 9. The monoisotopic (exact) mass is 638 g/mol. The van der Waals surface area contributed by atoms with E-state index < -0.39 is 0 Å². The van der Waals surface area contributed by atoms with Crippen LogP contribution in [0.2, 0.25) is 0 Å². The zero-order valence-electron chi connectivity index (χ0n) is 27.1. The predicted octanol–water partition coefficient (Wildman–Crippen LogP) is 13.2. The molecule has 3 heteroatoms. The Morgan fingerprint density at radius 3 is 1.68 bits per heavy atom. The summed E-state index contributed by atoms with van der Waals surface area (Å²) in [5.41, 5.74) is 8.25. The van der Waals surface area contributed by atoms with E-state index in [4.69, 9.17) is 9.40 Å². The first-order chi connectivity index (χ1) is 24.7. The average Bonchev–Trinajstić information content (AvgIpc) is 3.63. The molecule has 9 aromatic carbocycles. The Kier molecular flexibility index (Phi) is 6.49. The van der Waals surface area contributed by atoms with Crippen LogP contribution in [0.3, 0.4) is 0 Å². The van der Waals surface area contributed by atoms with E-state index in [-0.39, 0.29) is 0 Å². The van der Waals surface area contributed by atoms with Gasteiger partial charge in [-0.2, -0.15) is 0 Å². The summed E-state index contributed by atoms with van der Waals surface area (Å²) in [7, 11) is 0. The second kappa shape index (κ2) is 11.5. The van der Waals surface area contributed by atoms with Gasteiger partial charge in [-0.1, -0.05) is 121 Å². The lowest BCUT2D eigenvalue weighted by molar-refractivity contribution is 0.623. The Balaban J connectivity index is 1.14. The maximum atomic E-state index is 6.51. The second-order valence-corrected chi connectivity index (χ2v) is 12.8. The Hall–Kier alpha value is -6.71. The Morgan fingerprint density at radius 1 is 0.380 bits per heavy atom. The van der Waals surface area contributed by atoms with E-state index in [0.717, 1.165) is 66.4 Å². The highest BCUT2D eigenvalue weighted by Crippen LogP contribution is 2.41. The van der Waals surface area contributed by atoms with E-state index in [9.17, 15) is 0 Å². The fourth-order valence-electron chi connectivity index (χ4n) is 7.31. The van der Waals surface area contributed by atoms with Crippen LogP contribution in [0, 0.1) is 0 Å². The van der Waals surface area contributed by atoms with Crippen molar-refractivity contribution in [3.05, 3.63) is 182 Å². The zero-order chi connectivity index (χ0) is 33.0. The first-order valence-corrected chi connectivity index (χ1v) is 16.9. The van der Waals surface area contributed by atoms with Gasteiger partial charge in [0.25, 0.3) is 0 Å². The number of aromatic nitrogens is 1. The quantitative estimate of drug-likeness (QED) is 0.176. The number of rotatable bonds is 5. The van der Waals surface area contributed by atoms with Crippen LogP contribution in [0.15, 0.2) is 186 Å². The molecule has 10 rings (SSSR count). The van der Waals surface area contributed by atoms with Crippen molar-refractivity contribution in [3.63, 3.8) is 0 Å². The molecule has 0 aliphatic heterocycles. The summed E-state index contributed by atoms with van der Waals surface area (Å²) >= 11 is 0. The number of fused-ring (bicyclic) bond motifs is 7.